The molecule has 0 radical (unpaired) electrons. The van der Waals surface area contributed by atoms with Gasteiger partial charge in [0.05, 0.1) is 0 Å². The summed E-state index contributed by atoms with van der Waals surface area (Å²) < 4.78 is 5.26. The second-order valence-corrected chi connectivity index (χ2v) is 14.2. The van der Waals surface area contributed by atoms with Crippen LogP contribution in [-0.2, 0) is 3.45 Å². The molecule has 0 spiro atoms. The van der Waals surface area contributed by atoms with Crippen LogP contribution in [-0.4, -0.2) is 24.1 Å². The Labute approximate surface area is 45.3 Å². The van der Waals surface area contributed by atoms with Crippen molar-refractivity contribution in [2.75, 3.05) is 0 Å². The minimum absolute atomic E-state index is 0.931. The van der Waals surface area contributed by atoms with E-state index in [1.807, 2.05) is 0 Å². The van der Waals surface area contributed by atoms with Gasteiger partial charge in [-0.25, -0.2) is 0 Å². The van der Waals surface area contributed by atoms with Crippen LogP contribution >= 0.6 is 0 Å². The van der Waals surface area contributed by atoms with Crippen molar-refractivity contribution in [1.29, 1.82) is 0 Å². The zero-order valence-electron chi connectivity index (χ0n) is 4.91. The fourth-order valence-corrected chi connectivity index (χ4v) is 0. The number of rotatable bonds is 1. The van der Waals surface area contributed by atoms with Crippen LogP contribution in [0.4, 0.5) is 0 Å². The van der Waals surface area contributed by atoms with Crippen molar-refractivity contribution in [1.82, 2.24) is 0 Å². The average molecular weight is 165 g/mol. The van der Waals surface area contributed by atoms with E-state index < -0.39 is 13.6 Å². The normalized spacial score (nSPS) is 12.5. The van der Waals surface area contributed by atoms with Gasteiger partial charge in [0.25, 0.3) is 0 Å². The molecule has 0 amide bonds. The Morgan fingerprint density at radius 2 is 1.50 bits per heavy atom. The molecule has 0 bridgehead atoms. The molecule has 0 heterocycles. The van der Waals surface area contributed by atoms with Crippen molar-refractivity contribution in [3.8, 4) is 0 Å². The molecule has 0 aliphatic rings. The molecule has 1 nitrogen and oxygen atoms in total. The Morgan fingerprint density at radius 1 is 1.33 bits per heavy atom. The van der Waals surface area contributed by atoms with E-state index in [0.717, 1.165) is 10.5 Å². The Hall–Kier alpha value is 0.720. The van der Waals surface area contributed by atoms with Crippen LogP contribution in [0.1, 0.15) is 0 Å². The standard InChI is InChI=1S/C3H12GeOSi/c1-4(2,3)5-6/h1-3,6H3. The monoisotopic (exact) mass is 166 g/mol. The molecule has 0 aliphatic carbocycles. The van der Waals surface area contributed by atoms with Crippen LogP contribution in [0.3, 0.4) is 0 Å². The van der Waals surface area contributed by atoms with Crippen molar-refractivity contribution < 1.29 is 3.45 Å². The predicted molar refractivity (Wildman–Crippen MR) is 34.4 cm³/mol. The number of hydrogen-bond donors (Lipinski definition) is 0. The summed E-state index contributed by atoms with van der Waals surface area (Å²) in [5, 5.41) is 0. The molecule has 0 aromatic heterocycles. The first-order chi connectivity index (χ1) is 2.56. The molecular weight excluding hydrogens is 153 g/mol. The van der Waals surface area contributed by atoms with E-state index in [1.54, 1.807) is 0 Å². The van der Waals surface area contributed by atoms with Crippen LogP contribution in [0.2, 0.25) is 17.3 Å². The third-order valence-electron chi connectivity index (χ3n) is 0.612. The fourth-order valence-electron chi connectivity index (χ4n) is 0. The van der Waals surface area contributed by atoms with Gasteiger partial charge in [-0.1, -0.05) is 0 Å². The van der Waals surface area contributed by atoms with Gasteiger partial charge < -0.3 is 0 Å². The molecule has 0 fully saturated rings. The Balaban J connectivity index is 3.17. The molecule has 0 rings (SSSR count). The molecule has 6 heavy (non-hydrogen) atoms. The van der Waals surface area contributed by atoms with Gasteiger partial charge in [0.15, 0.2) is 0 Å². The van der Waals surface area contributed by atoms with Crippen molar-refractivity contribution in [2.24, 2.45) is 0 Å². The molecule has 0 saturated carbocycles. The molecule has 0 aliphatic heterocycles. The Bertz CT molecular complexity index is 40.5. The van der Waals surface area contributed by atoms with Crippen LogP contribution < -0.4 is 0 Å². The quantitative estimate of drug-likeness (QED) is 0.501. The zero-order chi connectivity index (χ0) is 5.21. The summed E-state index contributed by atoms with van der Waals surface area (Å²) in [5.41, 5.74) is 0. The summed E-state index contributed by atoms with van der Waals surface area (Å²) in [6.45, 7) is 0. The third kappa shape index (κ3) is 4.72. The third-order valence-corrected chi connectivity index (χ3v) is 9.55. The predicted octanol–water partition coefficient (Wildman–Crippen LogP) is 0.118. The molecule has 3 heteroatoms. The Morgan fingerprint density at radius 3 is 1.50 bits per heavy atom. The second kappa shape index (κ2) is 2.14. The molecule has 0 unspecified atom stereocenters. The minimum atomic E-state index is -1.48. The van der Waals surface area contributed by atoms with E-state index in [0.29, 0.717) is 0 Å². The summed E-state index contributed by atoms with van der Waals surface area (Å²) in [6, 6.07) is 0. The molecule has 0 atom stereocenters. The second-order valence-electron chi connectivity index (χ2n) is 2.32. The van der Waals surface area contributed by atoms with E-state index in [1.165, 1.54) is 0 Å². The molecular formula is C3H12GeOSi. The van der Waals surface area contributed by atoms with Crippen molar-refractivity contribution in [2.45, 2.75) is 17.3 Å². The van der Waals surface area contributed by atoms with Gasteiger partial charge in [-0.15, -0.1) is 0 Å². The summed E-state index contributed by atoms with van der Waals surface area (Å²) >= 11 is -1.48. The van der Waals surface area contributed by atoms with Gasteiger partial charge in [-0.2, -0.15) is 0 Å². The van der Waals surface area contributed by atoms with Crippen molar-refractivity contribution >= 4 is 24.1 Å². The Kier molecular flexibility index (Phi) is 2.39. The topological polar surface area (TPSA) is 9.23 Å². The van der Waals surface area contributed by atoms with E-state index in [9.17, 15) is 0 Å². The summed E-state index contributed by atoms with van der Waals surface area (Å²) in [6.07, 6.45) is 0. The average Bonchev–Trinajstić information content (AvgIpc) is 1.35. The van der Waals surface area contributed by atoms with Gasteiger partial charge in [-0.05, 0) is 0 Å². The fraction of sp³-hybridized carbons (Fsp3) is 1.00. The molecule has 0 N–H and O–H groups in total. The summed E-state index contributed by atoms with van der Waals surface area (Å²) in [4.78, 5) is 0. The first kappa shape index (κ1) is 6.72. The van der Waals surface area contributed by atoms with Crippen LogP contribution in [0, 0.1) is 0 Å². The molecule has 0 aromatic carbocycles. The van der Waals surface area contributed by atoms with Crippen LogP contribution in [0.25, 0.3) is 0 Å². The molecule has 38 valence electrons. The van der Waals surface area contributed by atoms with Crippen molar-refractivity contribution in [3.05, 3.63) is 0 Å². The van der Waals surface area contributed by atoms with Gasteiger partial charge in [-0.3, -0.25) is 0 Å². The van der Waals surface area contributed by atoms with Crippen molar-refractivity contribution in [3.63, 3.8) is 0 Å². The molecule has 0 saturated heterocycles. The SMILES string of the molecule is [CH3][Ge]([CH3])([CH3])[O][SiH3]. The van der Waals surface area contributed by atoms with E-state index >= 15 is 0 Å². The van der Waals surface area contributed by atoms with E-state index in [-0.39, 0.29) is 0 Å². The summed E-state index contributed by atoms with van der Waals surface area (Å²) in [7, 11) is 0.931. The first-order valence-electron chi connectivity index (χ1n) is 2.11. The van der Waals surface area contributed by atoms with Gasteiger partial charge in [0.2, 0.25) is 0 Å². The van der Waals surface area contributed by atoms with Gasteiger partial charge in [0.1, 0.15) is 0 Å². The zero-order valence-corrected chi connectivity index (χ0v) is 9.01. The van der Waals surface area contributed by atoms with Crippen LogP contribution in [0.5, 0.6) is 0 Å². The van der Waals surface area contributed by atoms with Gasteiger partial charge >= 0.3 is 44.8 Å². The number of hydrogen-bond acceptors (Lipinski definition) is 1. The maximum atomic E-state index is 5.26. The van der Waals surface area contributed by atoms with Crippen LogP contribution in [0.15, 0.2) is 0 Å². The van der Waals surface area contributed by atoms with E-state index in [4.69, 9.17) is 3.45 Å². The maximum absolute atomic E-state index is 5.26. The summed E-state index contributed by atoms with van der Waals surface area (Å²) in [5.74, 6) is 6.73. The molecule has 0 aromatic rings. The van der Waals surface area contributed by atoms with Gasteiger partial charge in [0, 0.05) is 0 Å². The first-order valence-corrected chi connectivity index (χ1v) is 10.1. The van der Waals surface area contributed by atoms with E-state index in [2.05, 4.69) is 17.3 Å².